The lowest BCUT2D eigenvalue weighted by Crippen LogP contribution is -2.04. The van der Waals surface area contributed by atoms with Gasteiger partial charge in [-0.05, 0) is 12.1 Å². The van der Waals surface area contributed by atoms with Gasteiger partial charge in [0.1, 0.15) is 0 Å². The van der Waals surface area contributed by atoms with E-state index in [1.165, 1.54) is 0 Å². The van der Waals surface area contributed by atoms with Crippen LogP contribution in [0.25, 0.3) is 0 Å². The molecular formula is C6H4F3NO2S. The predicted molar refractivity (Wildman–Crippen MR) is 38.0 cm³/mol. The van der Waals surface area contributed by atoms with Crippen LogP contribution in [0.4, 0.5) is 13.2 Å². The van der Waals surface area contributed by atoms with E-state index in [1.807, 2.05) is 4.98 Å². The zero-order valence-electron chi connectivity index (χ0n) is 6.09. The Labute approximate surface area is 72.4 Å². The highest BCUT2D eigenvalue weighted by molar-refractivity contribution is 7.63. The van der Waals surface area contributed by atoms with Crippen molar-refractivity contribution in [2.24, 2.45) is 0 Å². The predicted octanol–water partition coefficient (Wildman–Crippen LogP) is 1.44. The minimum absolute atomic E-state index is 0.284. The number of hydrogen-bond donors (Lipinski definition) is 1. The van der Waals surface area contributed by atoms with Gasteiger partial charge in [-0.2, -0.15) is 21.6 Å². The number of aromatic nitrogens is 1. The molecule has 1 aromatic heterocycles. The summed E-state index contributed by atoms with van der Waals surface area (Å²) < 4.78 is 56.1. The Morgan fingerprint density at radius 3 is 2.15 bits per heavy atom. The van der Waals surface area contributed by atoms with Gasteiger partial charge in [-0.3, -0.25) is 0 Å². The van der Waals surface area contributed by atoms with Crippen molar-refractivity contribution >= 4 is 10.3 Å². The summed E-state index contributed by atoms with van der Waals surface area (Å²) in [5.74, 6) is 0. The first-order valence-electron chi connectivity index (χ1n) is 3.09. The summed E-state index contributed by atoms with van der Waals surface area (Å²) in [6.45, 7) is 0. The van der Waals surface area contributed by atoms with E-state index in [9.17, 15) is 21.6 Å². The summed E-state index contributed by atoms with van der Waals surface area (Å²) in [5.41, 5.74) is -0.915. The molecule has 13 heavy (non-hydrogen) atoms. The molecule has 3 nitrogen and oxygen atoms in total. The summed E-state index contributed by atoms with van der Waals surface area (Å²) >= 11 is 0. The molecule has 1 N–H and O–H groups in total. The van der Waals surface area contributed by atoms with Crippen molar-refractivity contribution in [1.82, 2.24) is 4.98 Å². The SMILES string of the molecule is O=S(=O)=c1ccc(C(F)(F)F)c[nH]1. The van der Waals surface area contributed by atoms with Gasteiger partial charge < -0.3 is 4.98 Å². The minimum Gasteiger partial charge on any atom is -0.349 e. The molecule has 0 radical (unpaired) electrons. The first-order chi connectivity index (χ1) is 5.91. The number of hydrogen-bond acceptors (Lipinski definition) is 2. The summed E-state index contributed by atoms with van der Waals surface area (Å²) in [4.78, 5) is 2.01. The van der Waals surface area contributed by atoms with Gasteiger partial charge in [0, 0.05) is 6.20 Å². The van der Waals surface area contributed by atoms with Crippen molar-refractivity contribution in [3.8, 4) is 0 Å². The lowest BCUT2D eigenvalue weighted by molar-refractivity contribution is -0.137. The third-order valence-electron chi connectivity index (χ3n) is 1.29. The van der Waals surface area contributed by atoms with Crippen LogP contribution < -0.4 is 0 Å². The molecule has 0 fully saturated rings. The maximum atomic E-state index is 11.9. The molecule has 0 spiro atoms. The van der Waals surface area contributed by atoms with Crippen LogP contribution in [0.1, 0.15) is 5.56 Å². The van der Waals surface area contributed by atoms with Crippen LogP contribution in [-0.2, 0) is 16.5 Å². The van der Waals surface area contributed by atoms with E-state index in [4.69, 9.17) is 0 Å². The second kappa shape index (κ2) is 3.25. The number of aromatic amines is 1. The molecule has 0 bridgehead atoms. The van der Waals surface area contributed by atoms with E-state index >= 15 is 0 Å². The zero-order chi connectivity index (χ0) is 10.1. The van der Waals surface area contributed by atoms with Crippen LogP contribution in [0.15, 0.2) is 18.3 Å². The molecule has 1 rings (SSSR count). The van der Waals surface area contributed by atoms with Crippen LogP contribution in [0.5, 0.6) is 0 Å². The van der Waals surface area contributed by atoms with E-state index < -0.39 is 22.0 Å². The first-order valence-corrected chi connectivity index (χ1v) is 4.17. The van der Waals surface area contributed by atoms with E-state index in [1.54, 1.807) is 0 Å². The molecule has 7 heteroatoms. The van der Waals surface area contributed by atoms with Crippen molar-refractivity contribution < 1.29 is 21.6 Å². The fraction of sp³-hybridized carbons (Fsp3) is 0.167. The number of rotatable bonds is 0. The normalized spacial score (nSPS) is 11.3. The summed E-state index contributed by atoms with van der Waals surface area (Å²) in [5, 5.41) is 0. The number of pyridine rings is 1. The second-order valence-electron chi connectivity index (χ2n) is 2.17. The average Bonchev–Trinajstić information content (AvgIpc) is 2.03. The van der Waals surface area contributed by atoms with Gasteiger partial charge in [0.05, 0.1) is 5.56 Å². The van der Waals surface area contributed by atoms with Crippen LogP contribution in [-0.4, -0.2) is 13.4 Å². The Balaban J connectivity index is 3.32. The highest BCUT2D eigenvalue weighted by Gasteiger charge is 2.30. The Morgan fingerprint density at radius 1 is 1.23 bits per heavy atom. The maximum Gasteiger partial charge on any atom is 0.417 e. The Bertz CT molecular complexity index is 443. The Morgan fingerprint density at radius 2 is 1.85 bits per heavy atom. The molecule has 0 aliphatic heterocycles. The molecule has 0 aliphatic carbocycles. The standard InChI is InChI=1S/C6H4F3NO2S/c7-6(8,9)4-1-2-5(10-3-4)13(11)12/h1-3,10H. The molecular weight excluding hydrogens is 207 g/mol. The highest BCUT2D eigenvalue weighted by Crippen LogP contribution is 2.27. The highest BCUT2D eigenvalue weighted by atomic mass is 32.2. The lowest BCUT2D eigenvalue weighted by atomic mass is 10.3. The fourth-order valence-corrected chi connectivity index (χ4v) is 1.02. The number of halogens is 3. The Hall–Kier alpha value is -1.24. The van der Waals surface area contributed by atoms with Crippen LogP contribution >= 0.6 is 0 Å². The molecule has 0 unspecified atom stereocenters. The third kappa shape index (κ3) is 2.35. The van der Waals surface area contributed by atoms with Gasteiger partial charge in [0.25, 0.3) is 0 Å². The van der Waals surface area contributed by atoms with E-state index in [0.717, 1.165) is 6.07 Å². The molecule has 0 saturated heterocycles. The van der Waals surface area contributed by atoms with Crippen molar-refractivity contribution in [2.45, 2.75) is 6.18 Å². The van der Waals surface area contributed by atoms with Crippen molar-refractivity contribution in [2.75, 3.05) is 0 Å². The topological polar surface area (TPSA) is 49.9 Å². The van der Waals surface area contributed by atoms with E-state index in [0.29, 0.717) is 12.3 Å². The monoisotopic (exact) mass is 211 g/mol. The Kier molecular flexibility index (Phi) is 2.46. The van der Waals surface area contributed by atoms with Gasteiger partial charge in [-0.1, -0.05) is 0 Å². The summed E-state index contributed by atoms with van der Waals surface area (Å²) in [6, 6.07) is 1.55. The molecule has 0 amide bonds. The minimum atomic E-state index is -4.46. The zero-order valence-corrected chi connectivity index (χ0v) is 6.91. The fourth-order valence-electron chi connectivity index (χ4n) is 0.691. The maximum absolute atomic E-state index is 11.9. The molecule has 1 heterocycles. The molecule has 0 aliphatic rings. The number of alkyl halides is 3. The van der Waals surface area contributed by atoms with E-state index in [-0.39, 0.29) is 4.64 Å². The molecule has 0 atom stereocenters. The van der Waals surface area contributed by atoms with Crippen molar-refractivity contribution in [3.63, 3.8) is 0 Å². The number of nitrogens with one attached hydrogen (secondary N) is 1. The summed E-state index contributed by atoms with van der Waals surface area (Å²) in [7, 11) is -2.54. The quantitative estimate of drug-likeness (QED) is 0.660. The van der Waals surface area contributed by atoms with Gasteiger partial charge in [-0.15, -0.1) is 0 Å². The largest absolute Gasteiger partial charge is 0.417 e. The van der Waals surface area contributed by atoms with Crippen molar-refractivity contribution in [1.29, 1.82) is 0 Å². The molecule has 1 aromatic rings. The van der Waals surface area contributed by atoms with Crippen molar-refractivity contribution in [3.05, 3.63) is 28.5 Å². The summed E-state index contributed by atoms with van der Waals surface area (Å²) in [6.07, 6.45) is -3.86. The van der Waals surface area contributed by atoms with Crippen LogP contribution in [0.2, 0.25) is 0 Å². The molecule has 0 aromatic carbocycles. The smallest absolute Gasteiger partial charge is 0.349 e. The molecule has 0 saturated carbocycles. The second-order valence-corrected chi connectivity index (χ2v) is 3.08. The number of H-pyrrole nitrogens is 1. The molecule has 72 valence electrons. The van der Waals surface area contributed by atoms with Gasteiger partial charge >= 0.3 is 6.18 Å². The lowest BCUT2D eigenvalue weighted by Gasteiger charge is -2.03. The van der Waals surface area contributed by atoms with Gasteiger partial charge in [-0.25, -0.2) is 0 Å². The first kappa shape index (κ1) is 9.85. The average molecular weight is 211 g/mol. The van der Waals surface area contributed by atoms with Gasteiger partial charge in [0.2, 0.25) is 10.3 Å². The van der Waals surface area contributed by atoms with Crippen LogP contribution in [0.3, 0.4) is 0 Å². The third-order valence-corrected chi connectivity index (χ3v) is 1.90. The van der Waals surface area contributed by atoms with Gasteiger partial charge in [0.15, 0.2) is 4.64 Å². The van der Waals surface area contributed by atoms with Crippen LogP contribution in [0, 0.1) is 4.64 Å². The van der Waals surface area contributed by atoms with E-state index in [2.05, 4.69) is 0 Å².